The van der Waals surface area contributed by atoms with Crippen molar-refractivity contribution in [2.45, 2.75) is 39.8 Å². The van der Waals surface area contributed by atoms with E-state index in [-0.39, 0.29) is 5.97 Å². The van der Waals surface area contributed by atoms with Crippen LogP contribution in [0.25, 0.3) is 17.0 Å². The number of aromatic nitrogens is 2. The maximum Gasteiger partial charge on any atom is 0.333 e. The Balaban J connectivity index is 2.14. The summed E-state index contributed by atoms with van der Waals surface area (Å²) >= 11 is 0. The molecule has 0 aliphatic heterocycles. The first-order valence-corrected chi connectivity index (χ1v) is 9.34. The van der Waals surface area contributed by atoms with Crippen LogP contribution in [0.2, 0.25) is 0 Å². The lowest BCUT2D eigenvalue weighted by molar-refractivity contribution is -0.136. The van der Waals surface area contributed by atoms with E-state index in [1.165, 1.54) is 7.11 Å². The van der Waals surface area contributed by atoms with Crippen LogP contribution < -0.4 is 4.74 Å². The molecule has 0 fully saturated rings. The Kier molecular flexibility index (Phi) is 5.97. The van der Waals surface area contributed by atoms with Crippen molar-refractivity contribution >= 4 is 11.7 Å². The normalized spacial score (nSPS) is 13.8. The quantitative estimate of drug-likeness (QED) is 0.418. The first kappa shape index (κ1) is 19.9. The van der Waals surface area contributed by atoms with Gasteiger partial charge in [0, 0.05) is 22.4 Å². The molecule has 0 unspecified atom stereocenters. The average Bonchev–Trinajstić information content (AvgIpc) is 3.11. The topological polar surface area (TPSA) is 53.4 Å². The molecule has 0 bridgehead atoms. The smallest absolute Gasteiger partial charge is 0.333 e. The van der Waals surface area contributed by atoms with Crippen molar-refractivity contribution in [3.8, 4) is 17.0 Å². The van der Waals surface area contributed by atoms with Gasteiger partial charge in [-0.3, -0.25) is 0 Å². The third-order valence-electron chi connectivity index (χ3n) is 5.07. The third kappa shape index (κ3) is 3.59. The molecule has 28 heavy (non-hydrogen) atoms. The van der Waals surface area contributed by atoms with Crippen LogP contribution in [0.4, 0.5) is 4.39 Å². The first-order chi connectivity index (χ1) is 13.5. The number of allylic oxidation sites excluding steroid dienone is 3. The number of aryl methyl sites for hydroxylation is 1. The molecule has 6 heteroatoms. The highest BCUT2D eigenvalue weighted by Crippen LogP contribution is 2.39. The number of halogens is 1. The third-order valence-corrected chi connectivity index (χ3v) is 5.07. The van der Waals surface area contributed by atoms with Gasteiger partial charge in [0.15, 0.2) is 0 Å². The van der Waals surface area contributed by atoms with Crippen LogP contribution in [0.3, 0.4) is 0 Å². The number of benzene rings is 1. The van der Waals surface area contributed by atoms with Crippen molar-refractivity contribution in [1.82, 2.24) is 9.78 Å². The molecule has 0 spiro atoms. The molecular weight excluding hydrogens is 359 g/mol. The van der Waals surface area contributed by atoms with Crippen molar-refractivity contribution < 1.29 is 18.7 Å². The van der Waals surface area contributed by atoms with Crippen molar-refractivity contribution in [2.24, 2.45) is 0 Å². The van der Waals surface area contributed by atoms with Crippen molar-refractivity contribution in [3.05, 3.63) is 52.7 Å². The second-order valence-electron chi connectivity index (χ2n) is 6.70. The molecule has 1 aromatic heterocycles. The Morgan fingerprint density at radius 1 is 1.29 bits per heavy atom. The number of hydrogen-bond acceptors (Lipinski definition) is 4. The molecule has 0 saturated heterocycles. The molecule has 0 amide bonds. The monoisotopic (exact) mass is 384 g/mol. The molecule has 1 aliphatic carbocycles. The van der Waals surface area contributed by atoms with Crippen LogP contribution in [0, 0.1) is 0 Å². The van der Waals surface area contributed by atoms with E-state index in [0.717, 1.165) is 46.7 Å². The second kappa shape index (κ2) is 8.42. The fourth-order valence-electron chi connectivity index (χ4n) is 3.53. The zero-order valence-electron chi connectivity index (χ0n) is 16.7. The number of rotatable bonds is 6. The molecule has 1 aliphatic rings. The summed E-state index contributed by atoms with van der Waals surface area (Å²) in [6.07, 6.45) is 5.80. The highest BCUT2D eigenvalue weighted by molar-refractivity contribution is 5.88. The second-order valence-corrected chi connectivity index (χ2v) is 6.70. The maximum atomic E-state index is 13.7. The summed E-state index contributed by atoms with van der Waals surface area (Å²) in [5.41, 5.74) is 5.93. The minimum Gasteiger partial charge on any atom is -0.497 e. The summed E-state index contributed by atoms with van der Waals surface area (Å²) < 4.78 is 25.6. The van der Waals surface area contributed by atoms with Gasteiger partial charge in [-0.25, -0.2) is 13.9 Å². The van der Waals surface area contributed by atoms with E-state index in [1.807, 2.05) is 35.9 Å². The highest BCUT2D eigenvalue weighted by Gasteiger charge is 2.26. The summed E-state index contributed by atoms with van der Waals surface area (Å²) in [6.45, 7) is 3.10. The summed E-state index contributed by atoms with van der Waals surface area (Å²) in [4.78, 5) is 11.7. The number of carbonyl (C=O) groups excluding carboxylic acids is 1. The Morgan fingerprint density at radius 3 is 2.71 bits per heavy atom. The molecule has 0 saturated carbocycles. The molecule has 5 nitrogen and oxygen atoms in total. The van der Waals surface area contributed by atoms with Gasteiger partial charge in [-0.1, -0.05) is 13.0 Å². The number of nitrogens with zero attached hydrogens (tertiary/aromatic N) is 2. The van der Waals surface area contributed by atoms with Crippen LogP contribution in [-0.2, 0) is 29.0 Å². The fourth-order valence-corrected chi connectivity index (χ4v) is 3.53. The number of alkyl halides is 1. The van der Waals surface area contributed by atoms with E-state index in [1.54, 1.807) is 20.1 Å². The van der Waals surface area contributed by atoms with Gasteiger partial charge >= 0.3 is 5.97 Å². The van der Waals surface area contributed by atoms with Crippen molar-refractivity contribution in [3.63, 3.8) is 0 Å². The summed E-state index contributed by atoms with van der Waals surface area (Å²) in [6, 6.07) is 5.95. The standard InChI is InChI=1S/C22H25FN2O3/c1-5-16(8-6-14(2)22(26)28-4)25-21-18-11-9-17(27-3)12-15(18)7-10-19(21)20(13-23)24-25/h6,8-9,11-12H,5,7,10,13H2,1-4H3/b14-6+,16-8+. The molecule has 0 N–H and O–H groups in total. The number of ether oxygens (including phenoxy) is 2. The predicted octanol–water partition coefficient (Wildman–Crippen LogP) is 4.50. The largest absolute Gasteiger partial charge is 0.497 e. The van der Waals surface area contributed by atoms with Gasteiger partial charge < -0.3 is 9.47 Å². The van der Waals surface area contributed by atoms with Crippen LogP contribution in [-0.4, -0.2) is 30.0 Å². The molecule has 0 atom stereocenters. The molecule has 1 aromatic carbocycles. The van der Waals surface area contributed by atoms with Gasteiger partial charge in [-0.05, 0) is 56.0 Å². The van der Waals surface area contributed by atoms with Crippen molar-refractivity contribution in [2.75, 3.05) is 14.2 Å². The zero-order chi connectivity index (χ0) is 20.3. The lowest BCUT2D eigenvalue weighted by Gasteiger charge is -2.20. The maximum absolute atomic E-state index is 13.7. The summed E-state index contributed by atoms with van der Waals surface area (Å²) in [5.74, 6) is 0.429. The van der Waals surface area contributed by atoms with Crippen LogP contribution in [0.5, 0.6) is 5.75 Å². The molecule has 3 rings (SSSR count). The molecule has 148 valence electrons. The Bertz CT molecular complexity index is 957. The van der Waals surface area contributed by atoms with Gasteiger partial charge in [0.2, 0.25) is 0 Å². The SMILES string of the molecule is CC/C(=C\C=C(/C)C(=O)OC)n1nc(CF)c2c1-c1ccc(OC)cc1CC2. The van der Waals surface area contributed by atoms with Gasteiger partial charge in [0.05, 0.1) is 25.6 Å². The first-order valence-electron chi connectivity index (χ1n) is 9.34. The number of methoxy groups -OCH3 is 2. The molecular formula is C22H25FN2O3. The van der Waals surface area contributed by atoms with Crippen molar-refractivity contribution in [1.29, 1.82) is 0 Å². The lowest BCUT2D eigenvalue weighted by Crippen LogP contribution is -2.08. The molecule has 1 heterocycles. The van der Waals surface area contributed by atoms with E-state index in [0.29, 0.717) is 17.7 Å². The average molecular weight is 384 g/mol. The molecule has 2 aromatic rings. The Labute approximate surface area is 164 Å². The van der Waals surface area contributed by atoms with E-state index in [9.17, 15) is 9.18 Å². The van der Waals surface area contributed by atoms with E-state index < -0.39 is 6.67 Å². The van der Waals surface area contributed by atoms with Gasteiger partial charge in [0.1, 0.15) is 12.4 Å². The van der Waals surface area contributed by atoms with Gasteiger partial charge in [0.25, 0.3) is 0 Å². The Morgan fingerprint density at radius 2 is 2.07 bits per heavy atom. The zero-order valence-corrected chi connectivity index (χ0v) is 16.7. The number of esters is 1. The summed E-state index contributed by atoms with van der Waals surface area (Å²) in [7, 11) is 3.00. The minimum absolute atomic E-state index is 0.379. The van der Waals surface area contributed by atoms with Crippen LogP contribution in [0.15, 0.2) is 35.9 Å². The van der Waals surface area contributed by atoms with Crippen LogP contribution in [0.1, 0.15) is 37.1 Å². The number of carbonyl (C=O) groups is 1. The summed E-state index contributed by atoms with van der Waals surface area (Å²) in [5, 5.41) is 4.56. The van der Waals surface area contributed by atoms with Gasteiger partial charge in [-0.2, -0.15) is 5.10 Å². The van der Waals surface area contributed by atoms with E-state index >= 15 is 0 Å². The predicted molar refractivity (Wildman–Crippen MR) is 107 cm³/mol. The lowest BCUT2D eigenvalue weighted by atomic mass is 9.88. The molecule has 0 radical (unpaired) electrons. The minimum atomic E-state index is -0.602. The van der Waals surface area contributed by atoms with E-state index in [4.69, 9.17) is 9.47 Å². The highest BCUT2D eigenvalue weighted by atomic mass is 19.1. The number of hydrogen-bond donors (Lipinski definition) is 0. The Hall–Kier alpha value is -2.89. The van der Waals surface area contributed by atoms with E-state index in [2.05, 4.69) is 5.10 Å². The van der Waals surface area contributed by atoms with Crippen LogP contribution >= 0.6 is 0 Å². The fraction of sp³-hybridized carbons (Fsp3) is 0.364. The van der Waals surface area contributed by atoms with Gasteiger partial charge in [-0.15, -0.1) is 0 Å². The number of fused-ring (bicyclic) bond motifs is 3.